The number of rotatable bonds is 3. The standard InChI is InChI=1S/C20H21N5O2/c1-11-6-17(25(4)23-11)16-9-15-14(10-21-16)13-7-12(20(26)24(2)3)8-18(27-5)19(13)22-15/h6-10,22H,1-5H3. The molecule has 0 saturated heterocycles. The van der Waals surface area contributed by atoms with Crippen molar-refractivity contribution in [2.24, 2.45) is 7.05 Å². The van der Waals surface area contributed by atoms with E-state index in [-0.39, 0.29) is 5.91 Å². The van der Waals surface area contributed by atoms with Gasteiger partial charge in [-0.2, -0.15) is 5.10 Å². The number of ether oxygens (including phenoxy) is 1. The number of fused-ring (bicyclic) bond motifs is 3. The lowest BCUT2D eigenvalue weighted by Gasteiger charge is -2.11. The summed E-state index contributed by atoms with van der Waals surface area (Å²) in [6.07, 6.45) is 1.83. The third-order valence-electron chi connectivity index (χ3n) is 4.69. The molecule has 0 spiro atoms. The number of aromatic nitrogens is 4. The summed E-state index contributed by atoms with van der Waals surface area (Å²) in [5.41, 5.74) is 5.09. The minimum Gasteiger partial charge on any atom is -0.495 e. The van der Waals surface area contributed by atoms with E-state index in [0.717, 1.165) is 38.9 Å². The fourth-order valence-corrected chi connectivity index (χ4v) is 3.40. The van der Waals surface area contributed by atoms with E-state index >= 15 is 0 Å². The quantitative estimate of drug-likeness (QED) is 0.607. The van der Waals surface area contributed by atoms with Crippen LogP contribution in [0.1, 0.15) is 16.1 Å². The molecule has 0 saturated carbocycles. The molecule has 7 heteroatoms. The molecule has 0 unspecified atom stereocenters. The van der Waals surface area contributed by atoms with Crippen LogP contribution in [0.2, 0.25) is 0 Å². The van der Waals surface area contributed by atoms with Crippen LogP contribution in [0.4, 0.5) is 0 Å². The van der Waals surface area contributed by atoms with Gasteiger partial charge in [0, 0.05) is 43.7 Å². The number of aryl methyl sites for hydroxylation is 2. The number of pyridine rings is 1. The Labute approximate surface area is 156 Å². The fourth-order valence-electron chi connectivity index (χ4n) is 3.40. The number of carbonyl (C=O) groups is 1. The van der Waals surface area contributed by atoms with Gasteiger partial charge in [0.15, 0.2) is 0 Å². The van der Waals surface area contributed by atoms with Crippen LogP contribution >= 0.6 is 0 Å². The third kappa shape index (κ3) is 2.71. The number of amides is 1. The summed E-state index contributed by atoms with van der Waals surface area (Å²) in [6.45, 7) is 1.96. The number of hydrogen-bond acceptors (Lipinski definition) is 4. The van der Waals surface area contributed by atoms with Gasteiger partial charge in [0.25, 0.3) is 5.91 Å². The molecule has 0 radical (unpaired) electrons. The van der Waals surface area contributed by atoms with E-state index in [0.29, 0.717) is 11.3 Å². The van der Waals surface area contributed by atoms with E-state index in [1.807, 2.05) is 43.0 Å². The Bertz CT molecular complexity index is 1190. The molecule has 0 aliphatic rings. The summed E-state index contributed by atoms with van der Waals surface area (Å²) in [6, 6.07) is 7.65. The van der Waals surface area contributed by atoms with Gasteiger partial charge < -0.3 is 14.6 Å². The van der Waals surface area contributed by atoms with Crippen molar-refractivity contribution < 1.29 is 9.53 Å². The molecule has 0 fully saturated rings. The monoisotopic (exact) mass is 363 g/mol. The Kier molecular flexibility index (Phi) is 3.87. The number of nitrogens with zero attached hydrogens (tertiary/aromatic N) is 4. The maximum absolute atomic E-state index is 12.4. The molecule has 0 aliphatic carbocycles. The van der Waals surface area contributed by atoms with Crippen LogP contribution in [0.15, 0.2) is 30.5 Å². The maximum Gasteiger partial charge on any atom is 0.253 e. The molecule has 0 atom stereocenters. The van der Waals surface area contributed by atoms with Crippen LogP contribution in [-0.4, -0.2) is 51.8 Å². The highest BCUT2D eigenvalue weighted by Gasteiger charge is 2.17. The average molecular weight is 363 g/mol. The number of nitrogens with one attached hydrogen (secondary N) is 1. The van der Waals surface area contributed by atoms with Crippen LogP contribution < -0.4 is 4.74 Å². The maximum atomic E-state index is 12.4. The topological polar surface area (TPSA) is 76.0 Å². The molecule has 3 heterocycles. The van der Waals surface area contributed by atoms with Crippen LogP contribution in [0.5, 0.6) is 5.75 Å². The van der Waals surface area contributed by atoms with Gasteiger partial charge in [-0.3, -0.25) is 14.5 Å². The molecule has 1 N–H and O–H groups in total. The van der Waals surface area contributed by atoms with Crippen molar-refractivity contribution in [1.82, 2.24) is 24.6 Å². The molecule has 0 aliphatic heterocycles. The van der Waals surface area contributed by atoms with E-state index in [1.165, 1.54) is 0 Å². The Morgan fingerprint density at radius 1 is 1.19 bits per heavy atom. The number of H-pyrrole nitrogens is 1. The zero-order chi connectivity index (χ0) is 19.3. The van der Waals surface area contributed by atoms with Gasteiger partial charge in [0.05, 0.1) is 35.2 Å². The first-order valence-corrected chi connectivity index (χ1v) is 8.61. The van der Waals surface area contributed by atoms with Crippen LogP contribution in [0.3, 0.4) is 0 Å². The van der Waals surface area contributed by atoms with Crippen LogP contribution in [0, 0.1) is 6.92 Å². The lowest BCUT2D eigenvalue weighted by molar-refractivity contribution is 0.0827. The highest BCUT2D eigenvalue weighted by molar-refractivity contribution is 6.12. The summed E-state index contributed by atoms with van der Waals surface area (Å²) in [5, 5.41) is 6.25. The smallest absolute Gasteiger partial charge is 0.253 e. The molecule has 27 heavy (non-hydrogen) atoms. The van der Waals surface area contributed by atoms with E-state index in [4.69, 9.17) is 4.74 Å². The second-order valence-corrected chi connectivity index (χ2v) is 6.84. The summed E-state index contributed by atoms with van der Waals surface area (Å²) in [4.78, 5) is 22.0. The average Bonchev–Trinajstić information content (AvgIpc) is 3.18. The molecular weight excluding hydrogens is 342 g/mol. The number of aromatic amines is 1. The van der Waals surface area contributed by atoms with Crippen LogP contribution in [0.25, 0.3) is 33.2 Å². The second kappa shape index (κ2) is 6.12. The summed E-state index contributed by atoms with van der Waals surface area (Å²) in [7, 11) is 6.98. The van der Waals surface area contributed by atoms with E-state index < -0.39 is 0 Å². The molecule has 0 bridgehead atoms. The molecule has 1 aromatic carbocycles. The molecule has 3 aromatic heterocycles. The van der Waals surface area contributed by atoms with Gasteiger partial charge in [-0.1, -0.05) is 0 Å². The predicted molar refractivity (Wildman–Crippen MR) is 105 cm³/mol. The second-order valence-electron chi connectivity index (χ2n) is 6.84. The van der Waals surface area contributed by atoms with Gasteiger partial charge in [-0.25, -0.2) is 0 Å². The lowest BCUT2D eigenvalue weighted by atomic mass is 10.1. The SMILES string of the molecule is COc1cc(C(=O)N(C)C)cc2c1[nH]c1cc(-c3cc(C)nn3C)ncc12. The third-order valence-corrected chi connectivity index (χ3v) is 4.69. The molecule has 4 rings (SSSR count). The number of hydrogen-bond donors (Lipinski definition) is 1. The van der Waals surface area contributed by atoms with Crippen molar-refractivity contribution in [2.75, 3.05) is 21.2 Å². The fraction of sp³-hybridized carbons (Fsp3) is 0.250. The normalized spacial score (nSPS) is 11.3. The molecular formula is C20H21N5O2. The van der Waals surface area contributed by atoms with Gasteiger partial charge in [0.2, 0.25) is 0 Å². The summed E-state index contributed by atoms with van der Waals surface area (Å²) in [5.74, 6) is 0.561. The Morgan fingerprint density at radius 2 is 1.96 bits per heavy atom. The van der Waals surface area contributed by atoms with Crippen molar-refractivity contribution in [1.29, 1.82) is 0 Å². The minimum absolute atomic E-state index is 0.0699. The van der Waals surface area contributed by atoms with Gasteiger partial charge >= 0.3 is 0 Å². The molecule has 1 amide bonds. The van der Waals surface area contributed by atoms with Crippen molar-refractivity contribution in [3.05, 3.63) is 41.7 Å². The van der Waals surface area contributed by atoms with Gasteiger partial charge in [-0.15, -0.1) is 0 Å². The Balaban J connectivity index is 1.95. The predicted octanol–water partition coefficient (Wildman–Crippen LogP) is 3.14. The van der Waals surface area contributed by atoms with Gasteiger partial charge in [0.1, 0.15) is 5.75 Å². The highest BCUT2D eigenvalue weighted by Crippen LogP contribution is 2.34. The zero-order valence-electron chi connectivity index (χ0n) is 16.0. The summed E-state index contributed by atoms with van der Waals surface area (Å²) >= 11 is 0. The number of benzene rings is 1. The van der Waals surface area contributed by atoms with Gasteiger partial charge in [-0.05, 0) is 31.2 Å². The number of methoxy groups -OCH3 is 1. The number of carbonyl (C=O) groups excluding carboxylic acids is 1. The molecule has 138 valence electrons. The Hall–Kier alpha value is -3.35. The Morgan fingerprint density at radius 3 is 2.59 bits per heavy atom. The first kappa shape index (κ1) is 17.1. The largest absolute Gasteiger partial charge is 0.495 e. The van der Waals surface area contributed by atoms with Crippen molar-refractivity contribution in [3.8, 4) is 17.1 Å². The van der Waals surface area contributed by atoms with Crippen molar-refractivity contribution in [3.63, 3.8) is 0 Å². The molecule has 4 aromatic rings. The first-order valence-electron chi connectivity index (χ1n) is 8.61. The van der Waals surface area contributed by atoms with E-state index in [9.17, 15) is 4.79 Å². The van der Waals surface area contributed by atoms with Crippen molar-refractivity contribution >= 4 is 27.7 Å². The van der Waals surface area contributed by atoms with E-state index in [2.05, 4.69) is 15.1 Å². The van der Waals surface area contributed by atoms with Crippen LogP contribution in [-0.2, 0) is 7.05 Å². The lowest BCUT2D eigenvalue weighted by Crippen LogP contribution is -2.21. The minimum atomic E-state index is -0.0699. The zero-order valence-corrected chi connectivity index (χ0v) is 16.0. The van der Waals surface area contributed by atoms with E-state index in [1.54, 1.807) is 32.2 Å². The summed E-state index contributed by atoms with van der Waals surface area (Å²) < 4.78 is 7.35. The van der Waals surface area contributed by atoms with Crippen molar-refractivity contribution in [2.45, 2.75) is 6.92 Å². The first-order chi connectivity index (χ1) is 12.9. The molecule has 7 nitrogen and oxygen atoms in total. The highest BCUT2D eigenvalue weighted by atomic mass is 16.5.